The van der Waals surface area contributed by atoms with Crippen LogP contribution in [0.1, 0.15) is 11.1 Å². The maximum Gasteiger partial charge on any atom is 0.416 e. The third-order valence-corrected chi connectivity index (χ3v) is 2.26. The van der Waals surface area contributed by atoms with Gasteiger partial charge in [-0.3, -0.25) is 0 Å². The van der Waals surface area contributed by atoms with E-state index in [-0.39, 0.29) is 6.54 Å². The van der Waals surface area contributed by atoms with Gasteiger partial charge >= 0.3 is 6.18 Å². The van der Waals surface area contributed by atoms with Gasteiger partial charge in [-0.1, -0.05) is 15.9 Å². The van der Waals surface area contributed by atoms with Crippen LogP contribution in [0.5, 0.6) is 0 Å². The Morgan fingerprint density at radius 3 is 2.47 bits per heavy atom. The molecule has 0 unspecified atom stereocenters. The second kappa shape index (κ2) is 4.67. The minimum Gasteiger partial charge on any atom is -0.317 e. The molecule has 1 nitrogen and oxygen atoms in total. The Morgan fingerprint density at radius 2 is 1.93 bits per heavy atom. The molecular weight excluding hydrogens is 271 g/mol. The van der Waals surface area contributed by atoms with Crippen molar-refractivity contribution < 1.29 is 13.2 Å². The van der Waals surface area contributed by atoms with Crippen molar-refractivity contribution in [3.8, 4) is 0 Å². The Morgan fingerprint density at radius 1 is 1.27 bits per heavy atom. The van der Waals surface area contributed by atoms with Crippen molar-refractivity contribution >= 4 is 15.9 Å². The van der Waals surface area contributed by atoms with E-state index in [0.29, 0.717) is 16.5 Å². The predicted molar refractivity (Wildman–Crippen MR) is 54.3 cm³/mol. The second-order valence-corrected chi connectivity index (χ2v) is 3.89. The van der Waals surface area contributed by atoms with Crippen LogP contribution in [0, 0.1) is 6.57 Å². The first-order valence-electron chi connectivity index (χ1n) is 4.13. The zero-order valence-corrected chi connectivity index (χ0v) is 9.19. The maximum absolute atomic E-state index is 12.4. The van der Waals surface area contributed by atoms with E-state index in [1.54, 1.807) is 6.07 Å². The fourth-order valence-corrected chi connectivity index (χ4v) is 1.68. The summed E-state index contributed by atoms with van der Waals surface area (Å²) in [7, 11) is 0. The van der Waals surface area contributed by atoms with Gasteiger partial charge in [-0.05, 0) is 23.8 Å². The monoisotopic (exact) mass is 277 g/mol. The molecule has 0 fully saturated rings. The molecule has 0 aliphatic rings. The molecule has 0 radical (unpaired) electrons. The van der Waals surface area contributed by atoms with Gasteiger partial charge in [-0.15, -0.1) is 0 Å². The molecule has 1 aromatic rings. The van der Waals surface area contributed by atoms with Gasteiger partial charge in [0.15, 0.2) is 0 Å². The molecule has 80 valence electrons. The van der Waals surface area contributed by atoms with Gasteiger partial charge in [-0.25, -0.2) is 6.57 Å². The van der Waals surface area contributed by atoms with Crippen LogP contribution >= 0.6 is 15.9 Å². The zero-order valence-electron chi connectivity index (χ0n) is 7.61. The van der Waals surface area contributed by atoms with E-state index >= 15 is 0 Å². The first-order valence-corrected chi connectivity index (χ1v) is 4.92. The maximum atomic E-state index is 12.4. The Balaban J connectivity index is 3.01. The lowest BCUT2D eigenvalue weighted by Crippen LogP contribution is -2.05. The number of hydrogen-bond donors (Lipinski definition) is 0. The summed E-state index contributed by atoms with van der Waals surface area (Å²) < 4.78 is 37.6. The van der Waals surface area contributed by atoms with E-state index < -0.39 is 11.7 Å². The third kappa shape index (κ3) is 3.56. The molecule has 0 heterocycles. The molecule has 0 aliphatic carbocycles. The summed E-state index contributed by atoms with van der Waals surface area (Å²) in [5.74, 6) is 0. The van der Waals surface area contributed by atoms with Crippen LogP contribution in [0.3, 0.4) is 0 Å². The average Bonchev–Trinajstić information content (AvgIpc) is 2.12. The van der Waals surface area contributed by atoms with Gasteiger partial charge in [0.25, 0.3) is 0 Å². The van der Waals surface area contributed by atoms with Crippen molar-refractivity contribution in [2.24, 2.45) is 0 Å². The number of rotatable bonds is 2. The first kappa shape index (κ1) is 12.1. The smallest absolute Gasteiger partial charge is 0.317 e. The average molecular weight is 278 g/mol. The molecule has 0 atom stereocenters. The second-order valence-electron chi connectivity index (χ2n) is 2.98. The third-order valence-electron chi connectivity index (χ3n) is 1.80. The number of benzene rings is 1. The minimum absolute atomic E-state index is 0.202. The fourth-order valence-electron chi connectivity index (χ4n) is 1.14. The summed E-state index contributed by atoms with van der Waals surface area (Å²) in [6.07, 6.45) is -4.00. The Hall–Kier alpha value is -1.02. The van der Waals surface area contributed by atoms with E-state index in [0.717, 1.165) is 12.1 Å². The zero-order chi connectivity index (χ0) is 11.5. The van der Waals surface area contributed by atoms with E-state index in [9.17, 15) is 13.2 Å². The van der Waals surface area contributed by atoms with Gasteiger partial charge in [0, 0.05) is 10.9 Å². The largest absolute Gasteiger partial charge is 0.416 e. The standard InChI is InChI=1S/C10H7BrF3N/c1-15-3-2-7-4-8(10(12,13)14)6-9(11)5-7/h4-6H,2-3H2. The molecule has 0 saturated heterocycles. The Labute approximate surface area is 93.9 Å². The molecule has 5 heteroatoms. The molecular formula is C10H7BrF3N. The molecule has 0 aliphatic heterocycles. The highest BCUT2D eigenvalue weighted by Crippen LogP contribution is 2.32. The molecule has 0 N–H and O–H groups in total. The number of halogens is 4. The molecule has 0 saturated carbocycles. The summed E-state index contributed by atoms with van der Waals surface area (Å²) in [4.78, 5) is 3.11. The number of alkyl halides is 3. The molecule has 1 aromatic carbocycles. The van der Waals surface area contributed by atoms with Crippen molar-refractivity contribution in [2.45, 2.75) is 12.6 Å². The van der Waals surface area contributed by atoms with Crippen LogP contribution in [0.15, 0.2) is 22.7 Å². The number of nitrogens with zero attached hydrogens (tertiary/aromatic N) is 1. The van der Waals surface area contributed by atoms with Crippen molar-refractivity contribution in [3.05, 3.63) is 45.2 Å². The lowest BCUT2D eigenvalue weighted by atomic mass is 10.1. The van der Waals surface area contributed by atoms with E-state index in [1.807, 2.05) is 0 Å². The SMILES string of the molecule is [C-]#[N+]CCc1cc(Br)cc(C(F)(F)F)c1. The highest BCUT2D eigenvalue weighted by atomic mass is 79.9. The van der Waals surface area contributed by atoms with E-state index in [4.69, 9.17) is 6.57 Å². The van der Waals surface area contributed by atoms with Crippen LogP contribution in [0.4, 0.5) is 13.2 Å². The van der Waals surface area contributed by atoms with Crippen molar-refractivity contribution in [1.29, 1.82) is 0 Å². The Bertz CT molecular complexity index is 393. The molecule has 0 spiro atoms. The highest BCUT2D eigenvalue weighted by Gasteiger charge is 2.30. The topological polar surface area (TPSA) is 4.36 Å². The van der Waals surface area contributed by atoms with Crippen molar-refractivity contribution in [3.63, 3.8) is 0 Å². The van der Waals surface area contributed by atoms with Gasteiger partial charge in [0.05, 0.1) is 5.56 Å². The molecule has 0 aromatic heterocycles. The summed E-state index contributed by atoms with van der Waals surface area (Å²) in [5, 5.41) is 0. The van der Waals surface area contributed by atoms with Gasteiger partial charge in [0.1, 0.15) is 0 Å². The van der Waals surface area contributed by atoms with Crippen LogP contribution in [0.2, 0.25) is 0 Å². The predicted octanol–water partition coefficient (Wildman–Crippen LogP) is 3.93. The van der Waals surface area contributed by atoms with E-state index in [1.165, 1.54) is 0 Å². The lowest BCUT2D eigenvalue weighted by molar-refractivity contribution is -0.137. The molecule has 0 amide bonds. The summed E-state index contributed by atoms with van der Waals surface area (Å²) in [6.45, 7) is 6.78. The van der Waals surface area contributed by atoms with Crippen molar-refractivity contribution in [2.75, 3.05) is 6.54 Å². The highest BCUT2D eigenvalue weighted by molar-refractivity contribution is 9.10. The quantitative estimate of drug-likeness (QED) is 0.722. The molecule has 0 bridgehead atoms. The van der Waals surface area contributed by atoms with Crippen LogP contribution in [-0.4, -0.2) is 6.54 Å². The Kier molecular flexibility index (Phi) is 3.75. The summed E-state index contributed by atoms with van der Waals surface area (Å²) in [6, 6.07) is 3.71. The van der Waals surface area contributed by atoms with Gasteiger partial charge in [-0.2, -0.15) is 13.2 Å². The molecule has 1 rings (SSSR count). The lowest BCUT2D eigenvalue weighted by Gasteiger charge is -2.08. The normalized spacial score (nSPS) is 11.1. The van der Waals surface area contributed by atoms with Gasteiger partial charge in [0.2, 0.25) is 6.54 Å². The van der Waals surface area contributed by atoms with Crippen LogP contribution in [0.25, 0.3) is 4.85 Å². The number of hydrogen-bond acceptors (Lipinski definition) is 0. The fraction of sp³-hybridized carbons (Fsp3) is 0.300. The van der Waals surface area contributed by atoms with Crippen LogP contribution in [-0.2, 0) is 12.6 Å². The van der Waals surface area contributed by atoms with E-state index in [2.05, 4.69) is 20.8 Å². The van der Waals surface area contributed by atoms with Crippen LogP contribution < -0.4 is 0 Å². The summed E-state index contributed by atoms with van der Waals surface area (Å²) in [5.41, 5.74) is -0.162. The first-order chi connectivity index (χ1) is 6.93. The minimum atomic E-state index is -4.34. The summed E-state index contributed by atoms with van der Waals surface area (Å²) >= 11 is 3.02. The molecule has 15 heavy (non-hydrogen) atoms. The van der Waals surface area contributed by atoms with Crippen molar-refractivity contribution in [1.82, 2.24) is 0 Å². The van der Waals surface area contributed by atoms with Gasteiger partial charge < -0.3 is 4.85 Å².